The number of imide groups is 2. The van der Waals surface area contributed by atoms with Gasteiger partial charge >= 0.3 is 12.0 Å². The maximum Gasteiger partial charge on any atom is 0.328 e. The molecule has 3 saturated heterocycles. The summed E-state index contributed by atoms with van der Waals surface area (Å²) in [5.41, 5.74) is -2.75. The van der Waals surface area contributed by atoms with Crippen LogP contribution in [0.2, 0.25) is 0 Å². The van der Waals surface area contributed by atoms with Gasteiger partial charge in [-0.2, -0.15) is 0 Å². The fourth-order valence-electron chi connectivity index (χ4n) is 5.57. The molecule has 1 spiro atoms. The Morgan fingerprint density at radius 1 is 1.14 bits per heavy atom. The number of cyclic esters (lactones) is 1. The van der Waals surface area contributed by atoms with Crippen molar-refractivity contribution in [1.82, 2.24) is 16.0 Å². The number of amides is 5. The molecule has 1 aromatic carbocycles. The summed E-state index contributed by atoms with van der Waals surface area (Å²) in [7, 11) is 0. The van der Waals surface area contributed by atoms with E-state index in [4.69, 9.17) is 9.47 Å². The second-order valence-electron chi connectivity index (χ2n) is 9.18. The highest BCUT2D eigenvalue weighted by Gasteiger charge is 2.63. The lowest BCUT2D eigenvalue weighted by Gasteiger charge is -2.55. The van der Waals surface area contributed by atoms with E-state index in [1.54, 1.807) is 13.8 Å². The van der Waals surface area contributed by atoms with E-state index in [0.717, 1.165) is 6.07 Å². The molecule has 4 aliphatic rings. The highest BCUT2D eigenvalue weighted by atomic mass is 19.2. The number of benzene rings is 1. The third-order valence-electron chi connectivity index (χ3n) is 6.95. The number of rotatable bonds is 2. The Labute approximate surface area is 197 Å². The number of urea groups is 1. The molecule has 0 aliphatic carbocycles. The number of halogens is 2. The minimum absolute atomic E-state index is 0.0219. The van der Waals surface area contributed by atoms with Gasteiger partial charge in [-0.25, -0.2) is 18.4 Å². The van der Waals surface area contributed by atoms with Gasteiger partial charge in [0, 0.05) is 19.4 Å². The first-order chi connectivity index (χ1) is 16.5. The van der Waals surface area contributed by atoms with Crippen LogP contribution >= 0.6 is 0 Å². The Morgan fingerprint density at radius 3 is 2.46 bits per heavy atom. The topological polar surface area (TPSA) is 143 Å². The molecular formula is C22H22F2N4O7. The van der Waals surface area contributed by atoms with Gasteiger partial charge in [0.05, 0.1) is 36.1 Å². The zero-order chi connectivity index (χ0) is 25.2. The predicted molar refractivity (Wildman–Crippen MR) is 112 cm³/mol. The van der Waals surface area contributed by atoms with Gasteiger partial charge in [0.25, 0.3) is 5.91 Å². The molecule has 3 N–H and O–H groups in total. The Bertz CT molecular complexity index is 1170. The molecule has 0 radical (unpaired) electrons. The van der Waals surface area contributed by atoms with Crippen LogP contribution in [0.4, 0.5) is 19.3 Å². The second kappa shape index (κ2) is 7.97. The Balaban J connectivity index is 1.64. The number of ether oxygens (including phenoxy) is 2. The molecular weight excluding hydrogens is 470 g/mol. The van der Waals surface area contributed by atoms with Gasteiger partial charge in [0.1, 0.15) is 6.04 Å². The average molecular weight is 492 g/mol. The fourth-order valence-corrected chi connectivity index (χ4v) is 5.57. The van der Waals surface area contributed by atoms with E-state index in [9.17, 15) is 24.0 Å². The minimum atomic E-state index is -1.91. The van der Waals surface area contributed by atoms with Crippen molar-refractivity contribution in [2.75, 3.05) is 18.1 Å². The van der Waals surface area contributed by atoms with Crippen LogP contribution in [-0.4, -0.2) is 67.2 Å². The van der Waals surface area contributed by atoms with E-state index in [-0.39, 0.29) is 30.8 Å². The lowest BCUT2D eigenvalue weighted by Crippen LogP contribution is -2.75. The normalized spacial score (nSPS) is 29.2. The summed E-state index contributed by atoms with van der Waals surface area (Å²) < 4.78 is 41.3. The van der Waals surface area contributed by atoms with Crippen molar-refractivity contribution in [3.63, 3.8) is 0 Å². The van der Waals surface area contributed by atoms with Crippen LogP contribution < -0.4 is 20.9 Å². The number of barbiturate groups is 1. The zero-order valence-electron chi connectivity index (χ0n) is 18.8. The summed E-state index contributed by atoms with van der Waals surface area (Å²) in [6.07, 6.45) is -1.46. The summed E-state index contributed by atoms with van der Waals surface area (Å²) in [6.45, 7) is 3.42. The highest BCUT2D eigenvalue weighted by Crippen LogP contribution is 2.48. The van der Waals surface area contributed by atoms with Gasteiger partial charge < -0.3 is 19.7 Å². The van der Waals surface area contributed by atoms with Crippen LogP contribution in [0.3, 0.4) is 0 Å². The van der Waals surface area contributed by atoms with Crippen molar-refractivity contribution < 1.29 is 42.2 Å². The van der Waals surface area contributed by atoms with Crippen molar-refractivity contribution >= 4 is 35.4 Å². The number of morpholine rings is 1. The van der Waals surface area contributed by atoms with E-state index in [1.807, 2.05) is 0 Å². The summed E-state index contributed by atoms with van der Waals surface area (Å²) in [6, 6.07) is -1.97. The second-order valence-corrected chi connectivity index (χ2v) is 9.18. The van der Waals surface area contributed by atoms with Crippen molar-refractivity contribution in [1.29, 1.82) is 0 Å². The standard InChI is InChI=1S/C22H22F2N4O7/c1-8-7-28-15-10(5-11(13(23)14(15)24)17(29)25-12-3-4-34-18(12)30)6-22(16(28)9(2)35-8)19(31)26-21(33)27-20(22)32/h5,8-9,12,16H,3-4,6-7H2,1-2H3,(H,25,29)(H2,26,27,31,32,33)/t8-,9+,12?,16-/m1/s1. The lowest BCUT2D eigenvalue weighted by atomic mass is 9.66. The molecule has 11 nitrogen and oxygen atoms in total. The Hall–Kier alpha value is -3.61. The maximum atomic E-state index is 15.5. The third-order valence-corrected chi connectivity index (χ3v) is 6.95. The van der Waals surface area contributed by atoms with Crippen LogP contribution in [0.5, 0.6) is 0 Å². The van der Waals surface area contributed by atoms with Crippen LogP contribution in [0, 0.1) is 17.0 Å². The number of carbonyl (C=O) groups excluding carboxylic acids is 5. The summed E-state index contributed by atoms with van der Waals surface area (Å²) in [5, 5.41) is 6.51. The first-order valence-electron chi connectivity index (χ1n) is 11.1. The zero-order valence-corrected chi connectivity index (χ0v) is 18.8. The van der Waals surface area contributed by atoms with Crippen molar-refractivity contribution in [3.8, 4) is 0 Å². The quantitative estimate of drug-likeness (QED) is 0.384. The van der Waals surface area contributed by atoms with Crippen molar-refractivity contribution in [3.05, 3.63) is 28.8 Å². The number of hydrogen-bond acceptors (Lipinski definition) is 8. The first-order valence-corrected chi connectivity index (χ1v) is 11.1. The third kappa shape index (κ3) is 3.36. The van der Waals surface area contributed by atoms with Gasteiger partial charge in [-0.1, -0.05) is 0 Å². The van der Waals surface area contributed by atoms with Gasteiger partial charge in [-0.05, 0) is 25.5 Å². The molecule has 4 atom stereocenters. The smallest absolute Gasteiger partial charge is 0.328 e. The molecule has 1 unspecified atom stereocenters. The number of anilines is 1. The van der Waals surface area contributed by atoms with Crippen LogP contribution in [-0.2, 0) is 30.3 Å². The molecule has 0 bridgehead atoms. The van der Waals surface area contributed by atoms with E-state index in [1.165, 1.54) is 4.90 Å². The Morgan fingerprint density at radius 2 is 1.83 bits per heavy atom. The number of nitrogens with one attached hydrogen (secondary N) is 3. The molecule has 35 heavy (non-hydrogen) atoms. The van der Waals surface area contributed by atoms with Gasteiger partial charge in [0.15, 0.2) is 17.0 Å². The molecule has 3 fully saturated rings. The number of carbonyl (C=O) groups is 5. The van der Waals surface area contributed by atoms with Gasteiger partial charge in [-0.3, -0.25) is 25.0 Å². The fraction of sp³-hybridized carbons (Fsp3) is 0.500. The number of nitrogens with zero attached hydrogens (tertiary/aromatic N) is 1. The summed E-state index contributed by atoms with van der Waals surface area (Å²) in [5.74, 6) is -6.28. The van der Waals surface area contributed by atoms with E-state index < -0.39 is 83.0 Å². The average Bonchev–Trinajstić information content (AvgIpc) is 3.17. The highest BCUT2D eigenvalue weighted by molar-refractivity contribution is 6.20. The molecule has 4 heterocycles. The summed E-state index contributed by atoms with van der Waals surface area (Å²) >= 11 is 0. The maximum absolute atomic E-state index is 15.5. The largest absolute Gasteiger partial charge is 0.464 e. The van der Waals surface area contributed by atoms with E-state index in [2.05, 4.69) is 16.0 Å². The first kappa shape index (κ1) is 23.1. The number of esters is 1. The summed E-state index contributed by atoms with van der Waals surface area (Å²) in [4.78, 5) is 63.9. The van der Waals surface area contributed by atoms with E-state index in [0.29, 0.717) is 0 Å². The molecule has 186 valence electrons. The predicted octanol–water partition coefficient (Wildman–Crippen LogP) is -0.0992. The van der Waals surface area contributed by atoms with Crippen molar-refractivity contribution in [2.24, 2.45) is 5.41 Å². The molecule has 13 heteroatoms. The molecule has 0 saturated carbocycles. The van der Waals surface area contributed by atoms with Crippen LogP contribution in [0.25, 0.3) is 0 Å². The molecule has 1 aromatic rings. The van der Waals surface area contributed by atoms with Gasteiger partial charge in [0.2, 0.25) is 11.8 Å². The number of hydrogen-bond donors (Lipinski definition) is 3. The Kier molecular flexibility index (Phi) is 5.27. The minimum Gasteiger partial charge on any atom is -0.464 e. The lowest BCUT2D eigenvalue weighted by molar-refractivity contribution is -0.153. The van der Waals surface area contributed by atoms with Crippen LogP contribution in [0.1, 0.15) is 36.2 Å². The molecule has 4 aliphatic heterocycles. The SMILES string of the molecule is C[C@@H]1CN2c3c(cc(C(=O)NC4CCOC4=O)c(F)c3F)CC3(C(=O)NC(=O)NC3=O)[C@H]2[C@H](C)O1. The monoisotopic (exact) mass is 492 g/mol. The van der Waals surface area contributed by atoms with Crippen molar-refractivity contribution in [2.45, 2.75) is 51.0 Å². The van der Waals surface area contributed by atoms with E-state index >= 15 is 8.78 Å². The van der Waals surface area contributed by atoms with Crippen LogP contribution in [0.15, 0.2) is 6.07 Å². The molecule has 5 amide bonds. The number of fused-ring (bicyclic) bond motifs is 4. The molecule has 5 rings (SSSR count). The molecule has 0 aromatic heterocycles. The van der Waals surface area contributed by atoms with Gasteiger partial charge in [-0.15, -0.1) is 0 Å².